The van der Waals surface area contributed by atoms with Crippen molar-refractivity contribution in [2.45, 2.75) is 76.3 Å². The number of nitrogens with two attached hydrogens (primary N) is 1. The van der Waals surface area contributed by atoms with Gasteiger partial charge in [0.05, 0.1) is 23.9 Å². The number of ether oxygens (including phenoxy) is 2. The van der Waals surface area contributed by atoms with E-state index in [4.69, 9.17) is 15.2 Å². The summed E-state index contributed by atoms with van der Waals surface area (Å²) in [7, 11) is 0. The van der Waals surface area contributed by atoms with Gasteiger partial charge in [-0.1, -0.05) is 0 Å². The zero-order valence-corrected chi connectivity index (χ0v) is 11.1. The maximum atomic E-state index is 6.13. The van der Waals surface area contributed by atoms with Crippen LogP contribution in [0.2, 0.25) is 0 Å². The van der Waals surface area contributed by atoms with Crippen LogP contribution < -0.4 is 5.73 Å². The Morgan fingerprint density at radius 1 is 1.24 bits per heavy atom. The van der Waals surface area contributed by atoms with Gasteiger partial charge in [0.1, 0.15) is 0 Å². The van der Waals surface area contributed by atoms with Gasteiger partial charge in [-0.2, -0.15) is 0 Å². The fraction of sp³-hybridized carbons (Fsp3) is 1.00. The highest BCUT2D eigenvalue weighted by Gasteiger charge is 2.53. The van der Waals surface area contributed by atoms with Crippen molar-refractivity contribution in [2.75, 3.05) is 6.54 Å². The topological polar surface area (TPSA) is 44.5 Å². The van der Waals surface area contributed by atoms with Crippen molar-refractivity contribution in [1.29, 1.82) is 0 Å². The summed E-state index contributed by atoms with van der Waals surface area (Å²) < 4.78 is 12.1. The highest BCUT2D eigenvalue weighted by atomic mass is 16.5. The minimum absolute atomic E-state index is 0.0684. The van der Waals surface area contributed by atoms with Crippen molar-refractivity contribution in [3.05, 3.63) is 0 Å². The molecule has 0 aliphatic carbocycles. The maximum absolute atomic E-state index is 6.13. The van der Waals surface area contributed by atoms with Gasteiger partial charge in [-0.15, -0.1) is 0 Å². The SMILES string of the molecule is CC1(C)CCC(CC2(CN)CC3CCC2O3)O1. The Balaban J connectivity index is 1.67. The summed E-state index contributed by atoms with van der Waals surface area (Å²) in [6, 6.07) is 0. The maximum Gasteiger partial charge on any atom is 0.0650 e. The summed E-state index contributed by atoms with van der Waals surface area (Å²) in [5.74, 6) is 0. The summed E-state index contributed by atoms with van der Waals surface area (Å²) in [6.07, 6.45) is 8.36. The molecule has 4 atom stereocenters. The third kappa shape index (κ3) is 2.02. The van der Waals surface area contributed by atoms with E-state index in [2.05, 4.69) is 13.8 Å². The van der Waals surface area contributed by atoms with Crippen LogP contribution >= 0.6 is 0 Å². The molecule has 0 aromatic rings. The second-order valence-corrected chi connectivity index (χ2v) is 6.84. The molecular weight excluding hydrogens is 214 g/mol. The molecule has 2 N–H and O–H groups in total. The molecule has 0 radical (unpaired) electrons. The van der Waals surface area contributed by atoms with Crippen molar-refractivity contribution in [3.63, 3.8) is 0 Å². The first-order chi connectivity index (χ1) is 8.03. The molecule has 3 saturated heterocycles. The van der Waals surface area contributed by atoms with Crippen LogP contribution in [0.25, 0.3) is 0 Å². The monoisotopic (exact) mass is 239 g/mol. The van der Waals surface area contributed by atoms with Crippen LogP contribution in [0.3, 0.4) is 0 Å². The summed E-state index contributed by atoms with van der Waals surface area (Å²) >= 11 is 0. The van der Waals surface area contributed by atoms with Crippen LogP contribution in [0.5, 0.6) is 0 Å². The van der Waals surface area contributed by atoms with E-state index in [1.165, 1.54) is 25.7 Å². The van der Waals surface area contributed by atoms with Crippen molar-refractivity contribution < 1.29 is 9.47 Å². The van der Waals surface area contributed by atoms with Crippen LogP contribution in [-0.4, -0.2) is 30.5 Å². The molecule has 4 unspecified atom stereocenters. The third-order valence-corrected chi connectivity index (χ3v) is 5.02. The molecule has 3 aliphatic heterocycles. The lowest BCUT2D eigenvalue weighted by Gasteiger charge is -2.36. The molecule has 3 nitrogen and oxygen atoms in total. The van der Waals surface area contributed by atoms with Gasteiger partial charge in [-0.05, 0) is 52.4 Å². The van der Waals surface area contributed by atoms with Crippen molar-refractivity contribution in [1.82, 2.24) is 0 Å². The zero-order chi connectivity index (χ0) is 12.1. The molecule has 3 fully saturated rings. The standard InChI is InChI=1S/C14H25NO2/c1-13(2)6-5-11(17-13)8-14(9-15)7-10-3-4-12(14)16-10/h10-12H,3-9,15H2,1-2H3. The van der Waals surface area contributed by atoms with Gasteiger partial charge < -0.3 is 15.2 Å². The van der Waals surface area contributed by atoms with E-state index >= 15 is 0 Å². The molecule has 0 aromatic heterocycles. The lowest BCUT2D eigenvalue weighted by molar-refractivity contribution is -0.0453. The zero-order valence-electron chi connectivity index (χ0n) is 11.1. The quantitative estimate of drug-likeness (QED) is 0.821. The Bertz CT molecular complexity index is 305. The Morgan fingerprint density at radius 2 is 2.06 bits per heavy atom. The predicted molar refractivity (Wildman–Crippen MR) is 66.8 cm³/mol. The van der Waals surface area contributed by atoms with Crippen LogP contribution in [-0.2, 0) is 9.47 Å². The summed E-state index contributed by atoms with van der Waals surface area (Å²) in [4.78, 5) is 0. The molecule has 98 valence electrons. The van der Waals surface area contributed by atoms with E-state index in [9.17, 15) is 0 Å². The number of hydrogen-bond acceptors (Lipinski definition) is 3. The van der Waals surface area contributed by atoms with Crippen molar-refractivity contribution >= 4 is 0 Å². The average molecular weight is 239 g/mol. The van der Waals surface area contributed by atoms with Crippen LogP contribution in [0.1, 0.15) is 52.4 Å². The van der Waals surface area contributed by atoms with E-state index in [0.29, 0.717) is 18.3 Å². The van der Waals surface area contributed by atoms with E-state index in [1.807, 2.05) is 0 Å². The molecular formula is C14H25NO2. The van der Waals surface area contributed by atoms with Gasteiger partial charge in [0.25, 0.3) is 0 Å². The Hall–Kier alpha value is -0.120. The Morgan fingerprint density at radius 3 is 2.53 bits per heavy atom. The largest absolute Gasteiger partial charge is 0.374 e. The van der Waals surface area contributed by atoms with E-state index in [1.54, 1.807) is 0 Å². The molecule has 0 saturated carbocycles. The van der Waals surface area contributed by atoms with E-state index < -0.39 is 0 Å². The lowest BCUT2D eigenvalue weighted by atomic mass is 9.70. The number of hydrogen-bond donors (Lipinski definition) is 1. The minimum Gasteiger partial charge on any atom is -0.374 e. The summed E-state index contributed by atoms with van der Waals surface area (Å²) in [5.41, 5.74) is 6.35. The van der Waals surface area contributed by atoms with E-state index in [0.717, 1.165) is 19.4 Å². The average Bonchev–Trinajstić information content (AvgIpc) is 2.93. The normalized spacial score (nSPS) is 47.8. The van der Waals surface area contributed by atoms with E-state index in [-0.39, 0.29) is 11.0 Å². The van der Waals surface area contributed by atoms with Gasteiger partial charge >= 0.3 is 0 Å². The number of rotatable bonds is 3. The highest BCUT2D eigenvalue weighted by molar-refractivity contribution is 5.03. The third-order valence-electron chi connectivity index (χ3n) is 5.02. The van der Waals surface area contributed by atoms with Crippen LogP contribution in [0.15, 0.2) is 0 Å². The van der Waals surface area contributed by atoms with Crippen LogP contribution in [0.4, 0.5) is 0 Å². The first kappa shape index (κ1) is 11.9. The second kappa shape index (κ2) is 3.94. The fourth-order valence-corrected chi connectivity index (χ4v) is 4.08. The first-order valence-corrected chi connectivity index (χ1v) is 7.06. The second-order valence-electron chi connectivity index (χ2n) is 6.84. The summed E-state index contributed by atoms with van der Waals surface area (Å²) in [6.45, 7) is 5.15. The molecule has 3 heterocycles. The van der Waals surface area contributed by atoms with Gasteiger partial charge in [0.2, 0.25) is 0 Å². The number of fused-ring (bicyclic) bond motifs is 2. The minimum atomic E-state index is 0.0684. The molecule has 2 bridgehead atoms. The first-order valence-electron chi connectivity index (χ1n) is 7.06. The smallest absolute Gasteiger partial charge is 0.0650 e. The van der Waals surface area contributed by atoms with Gasteiger partial charge in [-0.3, -0.25) is 0 Å². The molecule has 0 spiro atoms. The predicted octanol–water partition coefficient (Wildman–Crippen LogP) is 2.23. The highest BCUT2D eigenvalue weighted by Crippen LogP contribution is 2.51. The molecule has 17 heavy (non-hydrogen) atoms. The molecule has 0 aromatic carbocycles. The van der Waals surface area contributed by atoms with Crippen LogP contribution in [0, 0.1) is 5.41 Å². The lowest BCUT2D eigenvalue weighted by Crippen LogP contribution is -2.42. The molecule has 0 amide bonds. The molecule has 3 heteroatoms. The Kier molecular flexibility index (Phi) is 2.77. The van der Waals surface area contributed by atoms with Gasteiger partial charge in [0.15, 0.2) is 0 Å². The van der Waals surface area contributed by atoms with Crippen molar-refractivity contribution in [2.24, 2.45) is 11.1 Å². The van der Waals surface area contributed by atoms with Gasteiger partial charge in [0, 0.05) is 12.0 Å². The molecule has 3 aliphatic rings. The van der Waals surface area contributed by atoms with Crippen molar-refractivity contribution in [3.8, 4) is 0 Å². The Labute approximate surface area is 104 Å². The van der Waals surface area contributed by atoms with Gasteiger partial charge in [-0.25, -0.2) is 0 Å². The fourth-order valence-electron chi connectivity index (χ4n) is 4.08. The molecule has 3 rings (SSSR count). The summed E-state index contributed by atoms with van der Waals surface area (Å²) in [5, 5.41) is 0.